The Morgan fingerprint density at radius 1 is 1.25 bits per heavy atom. The fourth-order valence-corrected chi connectivity index (χ4v) is 4.57. The molecule has 5 nitrogen and oxygen atoms in total. The zero-order valence-electron chi connectivity index (χ0n) is 16.2. The Labute approximate surface area is 168 Å². The van der Waals surface area contributed by atoms with Crippen molar-refractivity contribution in [3.63, 3.8) is 0 Å². The minimum Gasteiger partial charge on any atom is -0.495 e. The highest BCUT2D eigenvalue weighted by molar-refractivity contribution is 7.99. The highest BCUT2D eigenvalue weighted by Crippen LogP contribution is 2.29. The first kappa shape index (κ1) is 19.0. The lowest BCUT2D eigenvalue weighted by molar-refractivity contribution is 0.0315. The molecule has 0 unspecified atom stereocenters. The van der Waals surface area contributed by atoms with Crippen LogP contribution in [-0.4, -0.2) is 35.1 Å². The van der Waals surface area contributed by atoms with Crippen LogP contribution in [0.15, 0.2) is 52.4 Å². The third kappa shape index (κ3) is 3.80. The molecule has 0 radical (unpaired) electrons. The second kappa shape index (κ2) is 8.37. The second-order valence-corrected chi connectivity index (χ2v) is 8.01. The number of aryl methyl sites for hydroxylation is 1. The summed E-state index contributed by atoms with van der Waals surface area (Å²) < 4.78 is 13.1. The number of nitrogens with zero attached hydrogens (tertiary/aromatic N) is 2. The van der Waals surface area contributed by atoms with E-state index >= 15 is 0 Å². The van der Waals surface area contributed by atoms with Gasteiger partial charge in [0.2, 0.25) is 0 Å². The topological polar surface area (TPSA) is 53.4 Å². The molecule has 1 saturated heterocycles. The molecule has 1 aliphatic rings. The van der Waals surface area contributed by atoms with Gasteiger partial charge in [-0.05, 0) is 56.0 Å². The van der Waals surface area contributed by atoms with Crippen molar-refractivity contribution in [2.75, 3.05) is 19.5 Å². The van der Waals surface area contributed by atoms with Crippen LogP contribution in [0.3, 0.4) is 0 Å². The number of thioether (sulfide) groups is 1. The normalized spacial score (nSPS) is 17.0. The monoisotopic (exact) mass is 396 g/mol. The largest absolute Gasteiger partial charge is 0.495 e. The summed E-state index contributed by atoms with van der Waals surface area (Å²) in [6.07, 6.45) is 3.57. The number of fused-ring (bicyclic) bond motifs is 1. The maximum absolute atomic E-state index is 13.4. The highest BCUT2D eigenvalue weighted by Gasteiger charge is 2.20. The van der Waals surface area contributed by atoms with Gasteiger partial charge in [0.1, 0.15) is 5.75 Å². The van der Waals surface area contributed by atoms with Crippen molar-refractivity contribution in [2.24, 2.45) is 0 Å². The summed E-state index contributed by atoms with van der Waals surface area (Å²) in [7, 11) is 1.62. The predicted octanol–water partition coefficient (Wildman–Crippen LogP) is 4.36. The molecule has 0 aliphatic carbocycles. The Kier molecular flexibility index (Phi) is 5.69. The van der Waals surface area contributed by atoms with Crippen LogP contribution in [0.5, 0.6) is 5.75 Å². The zero-order chi connectivity index (χ0) is 19.5. The van der Waals surface area contributed by atoms with Crippen LogP contribution in [0, 0.1) is 6.92 Å². The van der Waals surface area contributed by atoms with E-state index in [2.05, 4.69) is 0 Å². The molecule has 1 aliphatic heterocycles. The average molecular weight is 397 g/mol. The Bertz CT molecular complexity index is 1040. The maximum Gasteiger partial charge on any atom is 0.266 e. The van der Waals surface area contributed by atoms with Crippen LogP contribution in [0.1, 0.15) is 24.8 Å². The van der Waals surface area contributed by atoms with E-state index in [1.807, 2.05) is 49.4 Å². The van der Waals surface area contributed by atoms with Crippen LogP contribution in [0.2, 0.25) is 0 Å². The van der Waals surface area contributed by atoms with Gasteiger partial charge in [-0.3, -0.25) is 9.36 Å². The molecule has 4 rings (SSSR count). The first-order valence-electron chi connectivity index (χ1n) is 9.58. The van der Waals surface area contributed by atoms with Gasteiger partial charge in [-0.25, -0.2) is 4.98 Å². The van der Waals surface area contributed by atoms with Crippen molar-refractivity contribution in [1.82, 2.24) is 9.55 Å². The molecule has 1 aromatic heterocycles. The second-order valence-electron chi connectivity index (χ2n) is 7.03. The standard InChI is InChI=1S/C22H24N2O3S/c1-15-10-11-20(26-2)19(13-15)24-21(25)17-8-3-4-9-18(17)23-22(24)28-14-16-7-5-6-12-27-16/h3-4,8-11,13,16H,5-7,12,14H2,1-2H3/t16-/m1/s1. The number of rotatable bonds is 5. The fourth-order valence-electron chi connectivity index (χ4n) is 3.50. The van der Waals surface area contributed by atoms with Crippen molar-refractivity contribution in [1.29, 1.82) is 0 Å². The van der Waals surface area contributed by atoms with Crippen molar-refractivity contribution in [2.45, 2.75) is 37.4 Å². The molecular weight excluding hydrogens is 372 g/mol. The summed E-state index contributed by atoms with van der Waals surface area (Å²) in [6.45, 7) is 2.82. The summed E-state index contributed by atoms with van der Waals surface area (Å²) in [6, 6.07) is 13.3. The maximum atomic E-state index is 13.4. The predicted molar refractivity (Wildman–Crippen MR) is 113 cm³/mol. The van der Waals surface area contributed by atoms with E-state index in [0.717, 1.165) is 36.5 Å². The Morgan fingerprint density at radius 2 is 2.11 bits per heavy atom. The van der Waals surface area contributed by atoms with Crippen LogP contribution in [0.25, 0.3) is 16.6 Å². The number of benzene rings is 2. The van der Waals surface area contributed by atoms with Gasteiger partial charge in [0.05, 0.1) is 29.8 Å². The molecule has 0 amide bonds. The van der Waals surface area contributed by atoms with E-state index in [4.69, 9.17) is 14.5 Å². The van der Waals surface area contributed by atoms with Crippen LogP contribution < -0.4 is 10.3 Å². The fraction of sp³-hybridized carbons (Fsp3) is 0.364. The molecule has 1 atom stereocenters. The molecule has 2 aromatic carbocycles. The number of hydrogen-bond acceptors (Lipinski definition) is 5. The number of para-hydroxylation sites is 1. The molecule has 28 heavy (non-hydrogen) atoms. The summed E-state index contributed by atoms with van der Waals surface area (Å²) in [5.74, 6) is 1.43. The van der Waals surface area contributed by atoms with Crippen molar-refractivity contribution < 1.29 is 9.47 Å². The molecule has 1 fully saturated rings. The van der Waals surface area contributed by atoms with E-state index in [0.29, 0.717) is 21.8 Å². The average Bonchev–Trinajstić information content (AvgIpc) is 2.73. The molecule has 0 saturated carbocycles. The number of aromatic nitrogens is 2. The van der Waals surface area contributed by atoms with E-state index < -0.39 is 0 Å². The van der Waals surface area contributed by atoms with Gasteiger partial charge in [0.15, 0.2) is 5.16 Å². The minimum absolute atomic E-state index is 0.0819. The molecule has 0 spiro atoms. The lowest BCUT2D eigenvalue weighted by Gasteiger charge is -2.23. The van der Waals surface area contributed by atoms with E-state index in [1.165, 1.54) is 6.42 Å². The summed E-state index contributed by atoms with van der Waals surface area (Å²) >= 11 is 1.57. The first-order valence-corrected chi connectivity index (χ1v) is 10.6. The lowest BCUT2D eigenvalue weighted by atomic mass is 10.1. The Balaban J connectivity index is 1.84. The van der Waals surface area contributed by atoms with Gasteiger partial charge < -0.3 is 9.47 Å². The number of methoxy groups -OCH3 is 1. The van der Waals surface area contributed by atoms with Gasteiger partial charge in [0.25, 0.3) is 5.56 Å². The quantitative estimate of drug-likeness (QED) is 0.474. The third-order valence-corrected chi connectivity index (χ3v) is 6.06. The van der Waals surface area contributed by atoms with Gasteiger partial charge in [-0.15, -0.1) is 0 Å². The minimum atomic E-state index is -0.0819. The van der Waals surface area contributed by atoms with Crippen molar-refractivity contribution >= 4 is 22.7 Å². The highest BCUT2D eigenvalue weighted by atomic mass is 32.2. The molecule has 146 valence electrons. The molecule has 3 aromatic rings. The lowest BCUT2D eigenvalue weighted by Crippen LogP contribution is -2.25. The number of hydrogen-bond donors (Lipinski definition) is 0. The molecule has 6 heteroatoms. The van der Waals surface area contributed by atoms with E-state index in [-0.39, 0.29) is 11.7 Å². The Morgan fingerprint density at radius 3 is 2.89 bits per heavy atom. The number of ether oxygens (including phenoxy) is 2. The summed E-state index contributed by atoms with van der Waals surface area (Å²) in [5, 5.41) is 1.27. The Hall–Kier alpha value is -2.31. The summed E-state index contributed by atoms with van der Waals surface area (Å²) in [4.78, 5) is 18.2. The molecular formula is C22H24N2O3S. The first-order chi connectivity index (χ1) is 13.7. The van der Waals surface area contributed by atoms with Crippen LogP contribution in [0.4, 0.5) is 0 Å². The van der Waals surface area contributed by atoms with Gasteiger partial charge in [0, 0.05) is 12.4 Å². The van der Waals surface area contributed by atoms with Crippen LogP contribution in [-0.2, 0) is 4.74 Å². The van der Waals surface area contributed by atoms with Crippen LogP contribution >= 0.6 is 11.8 Å². The smallest absolute Gasteiger partial charge is 0.266 e. The molecule has 0 bridgehead atoms. The zero-order valence-corrected chi connectivity index (χ0v) is 17.0. The van der Waals surface area contributed by atoms with Crippen molar-refractivity contribution in [3.05, 3.63) is 58.4 Å². The van der Waals surface area contributed by atoms with Gasteiger partial charge >= 0.3 is 0 Å². The third-order valence-electron chi connectivity index (χ3n) is 4.99. The molecule has 2 heterocycles. The van der Waals surface area contributed by atoms with E-state index in [9.17, 15) is 4.79 Å². The van der Waals surface area contributed by atoms with Gasteiger partial charge in [-0.1, -0.05) is 30.0 Å². The van der Waals surface area contributed by atoms with Gasteiger partial charge in [-0.2, -0.15) is 0 Å². The molecule has 0 N–H and O–H groups in total. The summed E-state index contributed by atoms with van der Waals surface area (Å²) in [5.41, 5.74) is 2.41. The SMILES string of the molecule is COc1ccc(C)cc1-n1c(SC[C@H]2CCCCO2)nc2ccccc2c1=O. The van der Waals surface area contributed by atoms with Crippen molar-refractivity contribution in [3.8, 4) is 11.4 Å². The van der Waals surface area contributed by atoms with E-state index in [1.54, 1.807) is 23.4 Å².